The van der Waals surface area contributed by atoms with E-state index in [2.05, 4.69) is 33.0 Å². The summed E-state index contributed by atoms with van der Waals surface area (Å²) >= 11 is 4.02. The molecule has 1 aliphatic heterocycles. The van der Waals surface area contributed by atoms with Crippen molar-refractivity contribution in [2.45, 2.75) is 38.9 Å². The van der Waals surface area contributed by atoms with Crippen LogP contribution in [0.15, 0.2) is 0 Å². The average molecular weight is 312 g/mol. The van der Waals surface area contributed by atoms with Crippen LogP contribution >= 0.6 is 23.5 Å². The Bertz CT molecular complexity index is 422. The summed E-state index contributed by atoms with van der Waals surface area (Å²) in [5.41, 5.74) is 3.64. The van der Waals surface area contributed by atoms with E-state index in [-0.39, 0.29) is 0 Å². The molecule has 2 atom stereocenters. The highest BCUT2D eigenvalue weighted by molar-refractivity contribution is 8.06. The van der Waals surface area contributed by atoms with Gasteiger partial charge in [0.15, 0.2) is 0 Å². The van der Waals surface area contributed by atoms with Gasteiger partial charge in [-0.05, 0) is 31.9 Å². The lowest BCUT2D eigenvalue weighted by molar-refractivity contribution is 0.622. The Morgan fingerprint density at radius 1 is 1.25 bits per heavy atom. The molecule has 112 valence electrons. The number of hydrogen-bond donors (Lipinski definition) is 1. The molecule has 1 N–H and O–H groups in total. The normalized spacial score (nSPS) is 20.9. The van der Waals surface area contributed by atoms with Crippen molar-refractivity contribution in [1.29, 1.82) is 0 Å². The van der Waals surface area contributed by atoms with Crippen LogP contribution in [-0.2, 0) is 0 Å². The van der Waals surface area contributed by atoms with Gasteiger partial charge in [-0.2, -0.15) is 11.8 Å². The number of aryl methyl sites for hydroxylation is 2. The van der Waals surface area contributed by atoms with E-state index in [0.717, 1.165) is 36.1 Å². The third-order valence-corrected chi connectivity index (χ3v) is 6.39. The topological polar surface area (TPSA) is 37.8 Å². The zero-order valence-electron chi connectivity index (χ0n) is 12.9. The molecule has 1 fully saturated rings. The van der Waals surface area contributed by atoms with Crippen LogP contribution in [0.5, 0.6) is 0 Å². The quantitative estimate of drug-likeness (QED) is 0.903. The molecule has 2 unspecified atom stereocenters. The minimum atomic E-state index is 0.470. The lowest BCUT2D eigenvalue weighted by atomic mass is 9.98. The minimum Gasteiger partial charge on any atom is -0.316 e. The van der Waals surface area contributed by atoms with Crippen molar-refractivity contribution in [2.24, 2.45) is 0 Å². The lowest BCUT2D eigenvalue weighted by Crippen LogP contribution is -2.22. The van der Waals surface area contributed by atoms with Gasteiger partial charge in [0, 0.05) is 35.2 Å². The molecule has 20 heavy (non-hydrogen) atoms. The summed E-state index contributed by atoms with van der Waals surface area (Å²) in [6, 6.07) is 0. The molecule has 1 aromatic rings. The number of aromatic nitrogens is 2. The fourth-order valence-electron chi connectivity index (χ4n) is 2.71. The van der Waals surface area contributed by atoms with Crippen molar-refractivity contribution in [3.8, 4) is 0 Å². The van der Waals surface area contributed by atoms with Gasteiger partial charge in [-0.1, -0.05) is 13.8 Å². The number of thioether (sulfide) groups is 2. The summed E-state index contributed by atoms with van der Waals surface area (Å²) in [4.78, 5) is 9.63. The fraction of sp³-hybridized carbons (Fsp3) is 0.733. The summed E-state index contributed by atoms with van der Waals surface area (Å²) in [6.45, 7) is 10.7. The van der Waals surface area contributed by atoms with Gasteiger partial charge in [0.1, 0.15) is 5.82 Å². The second-order valence-electron chi connectivity index (χ2n) is 5.31. The Labute approximate surface area is 131 Å². The first-order valence-electron chi connectivity index (χ1n) is 7.38. The molecular weight excluding hydrogens is 286 g/mol. The molecule has 1 aromatic heterocycles. The highest BCUT2D eigenvalue weighted by atomic mass is 32.2. The Kier molecular flexibility index (Phi) is 6.18. The summed E-state index contributed by atoms with van der Waals surface area (Å²) in [5.74, 6) is 5.14. The van der Waals surface area contributed by atoms with E-state index in [1.54, 1.807) is 0 Å². The van der Waals surface area contributed by atoms with Crippen molar-refractivity contribution >= 4 is 23.5 Å². The molecule has 2 heterocycles. The van der Waals surface area contributed by atoms with Crippen molar-refractivity contribution in [3.63, 3.8) is 0 Å². The van der Waals surface area contributed by atoms with E-state index >= 15 is 0 Å². The van der Waals surface area contributed by atoms with Gasteiger partial charge in [-0.3, -0.25) is 0 Å². The molecule has 1 aliphatic rings. The maximum atomic E-state index is 4.81. The summed E-state index contributed by atoms with van der Waals surface area (Å²) in [7, 11) is 0. The van der Waals surface area contributed by atoms with E-state index in [1.165, 1.54) is 17.1 Å². The molecule has 2 rings (SSSR count). The Morgan fingerprint density at radius 3 is 2.50 bits per heavy atom. The predicted octanol–water partition coefficient (Wildman–Crippen LogP) is 3.33. The maximum absolute atomic E-state index is 4.81. The smallest absolute Gasteiger partial charge is 0.142 e. The minimum absolute atomic E-state index is 0.470. The maximum Gasteiger partial charge on any atom is 0.142 e. The molecular formula is C15H25N3S2. The van der Waals surface area contributed by atoms with Crippen LogP contribution in [0.2, 0.25) is 0 Å². The first-order chi connectivity index (χ1) is 9.63. The number of hydrogen-bond acceptors (Lipinski definition) is 5. The van der Waals surface area contributed by atoms with Gasteiger partial charge in [-0.15, -0.1) is 11.8 Å². The van der Waals surface area contributed by atoms with Crippen LogP contribution in [0.4, 0.5) is 0 Å². The zero-order valence-corrected chi connectivity index (χ0v) is 14.5. The Hall–Kier alpha value is -0.260. The van der Waals surface area contributed by atoms with Crippen LogP contribution < -0.4 is 5.32 Å². The highest BCUT2D eigenvalue weighted by Crippen LogP contribution is 2.35. The van der Waals surface area contributed by atoms with E-state index < -0.39 is 0 Å². The predicted molar refractivity (Wildman–Crippen MR) is 91.0 cm³/mol. The standard InChI is InChI=1S/C15H25N3S2/c1-5-16-8-10(2)14-11(3)17-15(18-12(14)4)13-9-19-6-7-20-13/h10,13,16H,5-9H2,1-4H3. The second kappa shape index (κ2) is 7.66. The van der Waals surface area contributed by atoms with Gasteiger partial charge in [0.05, 0.1) is 5.25 Å². The van der Waals surface area contributed by atoms with Crippen molar-refractivity contribution in [2.75, 3.05) is 30.3 Å². The van der Waals surface area contributed by atoms with Crippen LogP contribution in [0.25, 0.3) is 0 Å². The zero-order chi connectivity index (χ0) is 14.5. The number of nitrogens with zero attached hydrogens (tertiary/aromatic N) is 2. The number of rotatable bonds is 5. The van der Waals surface area contributed by atoms with Crippen molar-refractivity contribution < 1.29 is 0 Å². The summed E-state index contributed by atoms with van der Waals surface area (Å²) in [5, 5.41) is 3.89. The molecule has 0 aromatic carbocycles. The van der Waals surface area contributed by atoms with Gasteiger partial charge in [0.2, 0.25) is 0 Å². The third kappa shape index (κ3) is 3.89. The molecule has 0 saturated carbocycles. The van der Waals surface area contributed by atoms with E-state index in [9.17, 15) is 0 Å². The van der Waals surface area contributed by atoms with Crippen LogP contribution in [0.1, 0.15) is 47.8 Å². The Balaban J connectivity index is 2.19. The van der Waals surface area contributed by atoms with Crippen molar-refractivity contribution in [3.05, 3.63) is 22.8 Å². The second-order valence-corrected chi connectivity index (χ2v) is 7.77. The molecule has 5 heteroatoms. The van der Waals surface area contributed by atoms with Gasteiger partial charge in [0.25, 0.3) is 0 Å². The fourth-order valence-corrected chi connectivity index (χ4v) is 5.31. The molecule has 0 radical (unpaired) electrons. The number of likely N-dealkylation sites (N-methyl/N-ethyl adjacent to an activating group) is 1. The molecule has 0 amide bonds. The van der Waals surface area contributed by atoms with Crippen LogP contribution in [-0.4, -0.2) is 40.3 Å². The SMILES string of the molecule is CCNCC(C)c1c(C)nc(C2CSCCS2)nc1C. The average Bonchev–Trinajstić information content (AvgIpc) is 2.45. The summed E-state index contributed by atoms with van der Waals surface area (Å²) in [6.07, 6.45) is 0. The first kappa shape index (κ1) is 16.1. The highest BCUT2D eigenvalue weighted by Gasteiger charge is 2.22. The third-order valence-electron chi connectivity index (χ3n) is 3.64. The molecule has 0 spiro atoms. The van der Waals surface area contributed by atoms with Gasteiger partial charge < -0.3 is 5.32 Å². The Morgan fingerprint density at radius 2 is 1.95 bits per heavy atom. The van der Waals surface area contributed by atoms with Crippen LogP contribution in [0.3, 0.4) is 0 Å². The first-order valence-corrected chi connectivity index (χ1v) is 9.59. The van der Waals surface area contributed by atoms with E-state index in [1.807, 2.05) is 23.5 Å². The molecule has 0 bridgehead atoms. The van der Waals surface area contributed by atoms with E-state index in [4.69, 9.17) is 9.97 Å². The van der Waals surface area contributed by atoms with Gasteiger partial charge in [-0.25, -0.2) is 9.97 Å². The summed E-state index contributed by atoms with van der Waals surface area (Å²) < 4.78 is 0. The molecule has 0 aliphatic carbocycles. The monoisotopic (exact) mass is 311 g/mol. The molecule has 3 nitrogen and oxygen atoms in total. The molecule has 1 saturated heterocycles. The van der Waals surface area contributed by atoms with Crippen molar-refractivity contribution in [1.82, 2.24) is 15.3 Å². The number of nitrogens with one attached hydrogen (secondary N) is 1. The lowest BCUT2D eigenvalue weighted by Gasteiger charge is -2.23. The largest absolute Gasteiger partial charge is 0.316 e. The van der Waals surface area contributed by atoms with E-state index in [0.29, 0.717) is 11.2 Å². The van der Waals surface area contributed by atoms with Crippen LogP contribution in [0, 0.1) is 13.8 Å². The van der Waals surface area contributed by atoms with Gasteiger partial charge >= 0.3 is 0 Å².